The lowest BCUT2D eigenvalue weighted by Gasteiger charge is -2.27. The number of morpholine rings is 1. The molecular weight excluding hydrogens is 422 g/mol. The van der Waals surface area contributed by atoms with E-state index in [1.54, 1.807) is 18.2 Å². The maximum atomic E-state index is 14.0. The number of aromatic nitrogens is 5. The number of hydrazine groups is 1. The van der Waals surface area contributed by atoms with E-state index in [-0.39, 0.29) is 5.95 Å². The lowest BCUT2D eigenvalue weighted by atomic mass is 10.3. The molecule has 5 rings (SSSR count). The maximum Gasteiger partial charge on any atom is 0.296 e. The normalized spacial score (nSPS) is 17.4. The number of methoxy groups -OCH3 is 1. The summed E-state index contributed by atoms with van der Waals surface area (Å²) in [7, 11) is 1.48. The van der Waals surface area contributed by atoms with Crippen LogP contribution in [0.5, 0.6) is 5.75 Å². The third-order valence-corrected chi connectivity index (χ3v) is 5.56. The number of alkyl halides is 2. The van der Waals surface area contributed by atoms with Crippen LogP contribution in [0.3, 0.4) is 0 Å². The molecule has 1 aromatic carbocycles. The number of para-hydroxylation sites is 1. The molecule has 170 valence electrons. The van der Waals surface area contributed by atoms with Gasteiger partial charge in [0, 0.05) is 26.2 Å². The van der Waals surface area contributed by atoms with Crippen molar-refractivity contribution in [2.24, 2.45) is 0 Å². The molecule has 0 radical (unpaired) electrons. The summed E-state index contributed by atoms with van der Waals surface area (Å²) in [5, 5.41) is 2.02. The van der Waals surface area contributed by atoms with Gasteiger partial charge in [-0.15, -0.1) is 0 Å². The zero-order valence-electron chi connectivity index (χ0n) is 17.7. The van der Waals surface area contributed by atoms with Gasteiger partial charge in [0.15, 0.2) is 5.82 Å². The van der Waals surface area contributed by atoms with Crippen LogP contribution in [-0.4, -0.2) is 76.0 Å². The number of rotatable bonds is 6. The van der Waals surface area contributed by atoms with Crippen LogP contribution in [0.4, 0.5) is 20.7 Å². The summed E-state index contributed by atoms with van der Waals surface area (Å²) >= 11 is 0. The number of nitrogens with zero attached hydrogens (tertiary/aromatic N) is 7. The highest BCUT2D eigenvalue weighted by Gasteiger charge is 2.26. The lowest BCUT2D eigenvalue weighted by molar-refractivity contribution is 0.122. The second-order valence-electron chi connectivity index (χ2n) is 7.60. The van der Waals surface area contributed by atoms with Gasteiger partial charge in [0.2, 0.25) is 17.8 Å². The summed E-state index contributed by atoms with van der Waals surface area (Å²) in [6.07, 6.45) is -0.684. The summed E-state index contributed by atoms with van der Waals surface area (Å²) in [6.45, 7) is 4.02. The molecule has 2 aromatic heterocycles. The third-order valence-electron chi connectivity index (χ3n) is 5.56. The molecule has 2 saturated heterocycles. The first-order chi connectivity index (χ1) is 15.6. The largest absolute Gasteiger partial charge is 0.494 e. The molecule has 4 heterocycles. The molecule has 0 unspecified atom stereocenters. The second kappa shape index (κ2) is 8.79. The van der Waals surface area contributed by atoms with Crippen LogP contribution in [0, 0.1) is 0 Å². The monoisotopic (exact) mass is 446 g/mol. The quantitative estimate of drug-likeness (QED) is 0.613. The van der Waals surface area contributed by atoms with Crippen LogP contribution in [0.15, 0.2) is 18.2 Å². The van der Waals surface area contributed by atoms with E-state index in [4.69, 9.17) is 9.47 Å². The van der Waals surface area contributed by atoms with Crippen molar-refractivity contribution >= 4 is 22.9 Å². The fraction of sp³-hybridized carbons (Fsp3) is 0.500. The van der Waals surface area contributed by atoms with Gasteiger partial charge in [-0.1, -0.05) is 6.07 Å². The van der Waals surface area contributed by atoms with Crippen LogP contribution < -0.4 is 15.1 Å². The van der Waals surface area contributed by atoms with Gasteiger partial charge in [0.25, 0.3) is 6.43 Å². The number of anilines is 2. The van der Waals surface area contributed by atoms with Crippen LogP contribution in [0.2, 0.25) is 0 Å². The van der Waals surface area contributed by atoms with Gasteiger partial charge in [-0.2, -0.15) is 15.0 Å². The van der Waals surface area contributed by atoms with Crippen molar-refractivity contribution in [2.75, 3.05) is 56.8 Å². The topological polar surface area (TPSA) is 93.5 Å². The fourth-order valence-corrected chi connectivity index (χ4v) is 3.99. The summed E-state index contributed by atoms with van der Waals surface area (Å²) in [4.78, 5) is 19.7. The third kappa shape index (κ3) is 3.91. The molecule has 0 bridgehead atoms. The molecule has 0 spiro atoms. The van der Waals surface area contributed by atoms with Gasteiger partial charge in [0.1, 0.15) is 11.3 Å². The number of hydrogen-bond donors (Lipinski definition) is 1. The molecule has 3 aromatic rings. The predicted octanol–water partition coefficient (Wildman–Crippen LogP) is 2.42. The SMILES string of the molecule is COc1cccc2c1nc(C(F)F)n2-c1nc(NN2CCCC2)nc(N2CCOCC2)n1. The van der Waals surface area contributed by atoms with E-state index in [2.05, 4.69) is 25.4 Å². The average Bonchev–Trinajstić information content (AvgIpc) is 3.47. The Balaban J connectivity index is 1.66. The Morgan fingerprint density at radius 2 is 1.75 bits per heavy atom. The van der Waals surface area contributed by atoms with Crippen molar-refractivity contribution in [3.8, 4) is 11.7 Å². The van der Waals surface area contributed by atoms with Crippen molar-refractivity contribution in [3.63, 3.8) is 0 Å². The number of nitrogens with one attached hydrogen (secondary N) is 1. The van der Waals surface area contributed by atoms with Crippen LogP contribution in [-0.2, 0) is 4.74 Å². The summed E-state index contributed by atoms with van der Waals surface area (Å²) in [5.74, 6) is 0.749. The van der Waals surface area contributed by atoms with Crippen molar-refractivity contribution in [1.29, 1.82) is 0 Å². The lowest BCUT2D eigenvalue weighted by Crippen LogP contribution is -2.38. The van der Waals surface area contributed by atoms with E-state index >= 15 is 0 Å². The molecule has 32 heavy (non-hydrogen) atoms. The number of hydrogen-bond acceptors (Lipinski definition) is 9. The molecule has 2 fully saturated rings. The van der Waals surface area contributed by atoms with Crippen molar-refractivity contribution < 1.29 is 18.3 Å². The number of fused-ring (bicyclic) bond motifs is 1. The molecule has 0 atom stereocenters. The summed E-state index contributed by atoms with van der Waals surface area (Å²) in [5.41, 5.74) is 3.97. The highest BCUT2D eigenvalue weighted by Crippen LogP contribution is 2.32. The molecule has 10 nitrogen and oxygen atoms in total. The number of benzene rings is 1. The number of ether oxygens (including phenoxy) is 2. The molecular formula is C20H24F2N8O2. The van der Waals surface area contributed by atoms with Crippen LogP contribution in [0.25, 0.3) is 17.0 Å². The first-order valence-electron chi connectivity index (χ1n) is 10.6. The van der Waals surface area contributed by atoms with E-state index in [0.717, 1.165) is 25.9 Å². The minimum Gasteiger partial charge on any atom is -0.494 e. The van der Waals surface area contributed by atoms with E-state index in [1.165, 1.54) is 11.7 Å². The molecule has 1 N–H and O–H groups in total. The highest BCUT2D eigenvalue weighted by molar-refractivity contribution is 5.84. The first-order valence-corrected chi connectivity index (χ1v) is 10.6. The summed E-state index contributed by atoms with van der Waals surface area (Å²) in [6, 6.07) is 5.10. The Labute approximate surface area is 183 Å². The number of imidazole rings is 1. The Morgan fingerprint density at radius 1 is 1.00 bits per heavy atom. The minimum atomic E-state index is -2.83. The number of halogens is 2. The fourth-order valence-electron chi connectivity index (χ4n) is 3.99. The van der Waals surface area contributed by atoms with E-state index in [0.29, 0.717) is 55.0 Å². The zero-order valence-corrected chi connectivity index (χ0v) is 17.7. The Bertz CT molecular complexity index is 1100. The Hall–Kier alpha value is -3.12. The minimum absolute atomic E-state index is 0.0780. The Kier molecular flexibility index (Phi) is 5.70. The van der Waals surface area contributed by atoms with Gasteiger partial charge in [-0.05, 0) is 25.0 Å². The van der Waals surface area contributed by atoms with Gasteiger partial charge < -0.3 is 14.4 Å². The first kappa shape index (κ1) is 20.8. The smallest absolute Gasteiger partial charge is 0.296 e. The van der Waals surface area contributed by atoms with Gasteiger partial charge >= 0.3 is 0 Å². The second-order valence-corrected chi connectivity index (χ2v) is 7.60. The average molecular weight is 446 g/mol. The van der Waals surface area contributed by atoms with Gasteiger partial charge in [-0.3, -0.25) is 9.99 Å². The molecule has 0 saturated carbocycles. The van der Waals surface area contributed by atoms with E-state index in [9.17, 15) is 8.78 Å². The maximum absolute atomic E-state index is 14.0. The van der Waals surface area contributed by atoms with Crippen molar-refractivity contribution in [3.05, 3.63) is 24.0 Å². The van der Waals surface area contributed by atoms with Crippen LogP contribution >= 0.6 is 0 Å². The van der Waals surface area contributed by atoms with Crippen LogP contribution in [0.1, 0.15) is 25.1 Å². The van der Waals surface area contributed by atoms with E-state index in [1.807, 2.05) is 9.91 Å². The highest BCUT2D eigenvalue weighted by atomic mass is 19.3. The molecule has 0 amide bonds. The molecule has 2 aliphatic rings. The molecule has 12 heteroatoms. The predicted molar refractivity (Wildman–Crippen MR) is 113 cm³/mol. The van der Waals surface area contributed by atoms with Gasteiger partial charge in [-0.25, -0.2) is 18.8 Å². The Morgan fingerprint density at radius 3 is 2.47 bits per heavy atom. The standard InChI is InChI=1S/C20H24F2N8O2/c1-31-14-6-4-5-13-15(14)23-17(16(21)22)30(13)20-25-18(27-29-7-2-3-8-29)24-19(26-20)28-9-11-32-12-10-28/h4-6,16H,2-3,7-12H2,1H3,(H,24,25,26,27). The molecule has 0 aliphatic carbocycles. The van der Waals surface area contributed by atoms with E-state index < -0.39 is 12.2 Å². The zero-order chi connectivity index (χ0) is 22.1. The van der Waals surface area contributed by atoms with Crippen molar-refractivity contribution in [2.45, 2.75) is 19.3 Å². The van der Waals surface area contributed by atoms with Crippen molar-refractivity contribution in [1.82, 2.24) is 29.5 Å². The van der Waals surface area contributed by atoms with Gasteiger partial charge in [0.05, 0.1) is 25.8 Å². The summed E-state index contributed by atoms with van der Waals surface area (Å²) < 4.78 is 40.1. The molecule has 2 aliphatic heterocycles.